The van der Waals surface area contributed by atoms with Crippen molar-refractivity contribution >= 4 is 11.6 Å². The summed E-state index contributed by atoms with van der Waals surface area (Å²) in [5, 5.41) is 3.73. The topological polar surface area (TPSA) is 44.8 Å². The van der Waals surface area contributed by atoms with Gasteiger partial charge in [-0.05, 0) is 85.4 Å². The lowest BCUT2D eigenvalue weighted by atomic mass is 9.46. The maximum Gasteiger partial charge on any atom is 0.252 e. The zero-order valence-electron chi connectivity index (χ0n) is 23.7. The average Bonchev–Trinajstić information content (AvgIpc) is 3.75. The summed E-state index contributed by atoms with van der Waals surface area (Å²) >= 11 is 0. The van der Waals surface area contributed by atoms with E-state index in [9.17, 15) is 4.79 Å². The second kappa shape index (κ2) is 8.92. The SMILES string of the molecule is O=C1[C@H]2OC34CCC(C2C32CCN(CC3CC3)C4Cc3ccc(NCc4ccccc4)cc32)N1Cc1ccccc1. The third-order valence-electron chi connectivity index (χ3n) is 11.6. The summed E-state index contributed by atoms with van der Waals surface area (Å²) in [6.45, 7) is 3.82. The molecule has 1 amide bonds. The standard InChI is InChI=1S/C36H39N3O2/c40-34-33-32-30(39(34)23-25-9-5-2-6-10-25)15-16-36(41-33)31-19-27-13-14-28(37-21-24-7-3-1-4-8-24)20-29(27)35(32,36)17-18-38(31)22-26-11-12-26/h1-10,13-14,20,26,30-33,37H,11-12,15-19,21-23H2/t30?,31?,32?,33-,35?,36?/m0/s1. The lowest BCUT2D eigenvalue weighted by Crippen LogP contribution is -2.74. The van der Waals surface area contributed by atoms with E-state index < -0.39 is 0 Å². The fraction of sp³-hybridized carbons (Fsp3) is 0.472. The molecule has 5 nitrogen and oxygen atoms in total. The highest BCUT2D eigenvalue weighted by molar-refractivity contribution is 5.86. The molecule has 3 aliphatic heterocycles. The van der Waals surface area contributed by atoms with Crippen molar-refractivity contribution < 1.29 is 9.53 Å². The molecule has 0 spiro atoms. The van der Waals surface area contributed by atoms with E-state index in [0.717, 1.165) is 44.7 Å². The number of ether oxygens (including phenoxy) is 1. The van der Waals surface area contributed by atoms with Crippen molar-refractivity contribution in [3.8, 4) is 0 Å². The summed E-state index contributed by atoms with van der Waals surface area (Å²) in [5.41, 5.74) is 6.27. The summed E-state index contributed by atoms with van der Waals surface area (Å²) in [6, 6.07) is 28.9. The van der Waals surface area contributed by atoms with Gasteiger partial charge in [-0.2, -0.15) is 0 Å². The molecule has 3 aliphatic carbocycles. The van der Waals surface area contributed by atoms with Gasteiger partial charge in [0.2, 0.25) is 0 Å². The molecule has 5 fully saturated rings. The van der Waals surface area contributed by atoms with E-state index in [4.69, 9.17) is 4.74 Å². The molecule has 0 aromatic heterocycles. The van der Waals surface area contributed by atoms with Gasteiger partial charge in [0.05, 0.1) is 5.60 Å². The Labute approximate surface area is 242 Å². The monoisotopic (exact) mass is 545 g/mol. The Morgan fingerprint density at radius 2 is 1.68 bits per heavy atom. The van der Waals surface area contributed by atoms with E-state index in [2.05, 4.69) is 94.0 Å². The third-order valence-corrected chi connectivity index (χ3v) is 11.6. The molecule has 3 saturated heterocycles. The van der Waals surface area contributed by atoms with E-state index in [0.29, 0.717) is 12.6 Å². The Balaban J connectivity index is 1.13. The molecule has 6 aliphatic rings. The van der Waals surface area contributed by atoms with Crippen molar-refractivity contribution in [2.45, 2.75) is 80.8 Å². The summed E-state index contributed by atoms with van der Waals surface area (Å²) in [4.78, 5) is 19.2. The average molecular weight is 546 g/mol. The number of carbonyl (C=O) groups is 1. The zero-order valence-corrected chi connectivity index (χ0v) is 23.7. The molecule has 9 rings (SSSR count). The van der Waals surface area contributed by atoms with E-state index in [1.807, 2.05) is 0 Å². The summed E-state index contributed by atoms with van der Waals surface area (Å²) in [5.74, 6) is 1.30. The van der Waals surface area contributed by atoms with Crippen molar-refractivity contribution in [1.29, 1.82) is 0 Å². The van der Waals surface area contributed by atoms with Crippen LogP contribution >= 0.6 is 0 Å². The predicted octanol–water partition coefficient (Wildman–Crippen LogP) is 5.54. The number of carbonyl (C=O) groups excluding carboxylic acids is 1. The number of amides is 1. The Kier molecular flexibility index (Phi) is 5.32. The molecule has 3 aromatic carbocycles. The van der Waals surface area contributed by atoms with Crippen LogP contribution in [0.5, 0.6) is 0 Å². The van der Waals surface area contributed by atoms with E-state index in [-0.39, 0.29) is 35.0 Å². The fourth-order valence-electron chi connectivity index (χ4n) is 9.82. The van der Waals surface area contributed by atoms with Crippen LogP contribution in [0.2, 0.25) is 0 Å². The van der Waals surface area contributed by atoms with Crippen LogP contribution < -0.4 is 5.32 Å². The molecular formula is C36H39N3O2. The van der Waals surface area contributed by atoms with Gasteiger partial charge in [0.15, 0.2) is 0 Å². The van der Waals surface area contributed by atoms with Crippen molar-refractivity contribution in [2.75, 3.05) is 18.4 Å². The molecule has 5 unspecified atom stereocenters. The summed E-state index contributed by atoms with van der Waals surface area (Å²) in [7, 11) is 0. The number of hydrogen-bond acceptors (Lipinski definition) is 4. The number of fused-ring (bicyclic) bond motifs is 1. The molecule has 210 valence electrons. The van der Waals surface area contributed by atoms with Crippen LogP contribution in [-0.4, -0.2) is 52.6 Å². The van der Waals surface area contributed by atoms with Gasteiger partial charge >= 0.3 is 0 Å². The Bertz CT molecular complexity index is 1490. The number of anilines is 1. The van der Waals surface area contributed by atoms with Crippen molar-refractivity contribution in [1.82, 2.24) is 9.80 Å². The van der Waals surface area contributed by atoms with Gasteiger partial charge in [0.1, 0.15) is 6.10 Å². The molecule has 3 aromatic rings. The van der Waals surface area contributed by atoms with E-state index >= 15 is 0 Å². The highest BCUT2D eigenvalue weighted by atomic mass is 16.5. The zero-order chi connectivity index (χ0) is 27.2. The Morgan fingerprint density at radius 1 is 0.902 bits per heavy atom. The summed E-state index contributed by atoms with van der Waals surface area (Å²) < 4.78 is 7.31. The van der Waals surface area contributed by atoms with Crippen LogP contribution in [0.4, 0.5) is 5.69 Å². The minimum atomic E-state index is -0.318. The minimum Gasteiger partial charge on any atom is -0.381 e. The molecule has 0 radical (unpaired) electrons. The number of nitrogens with zero attached hydrogens (tertiary/aromatic N) is 2. The largest absolute Gasteiger partial charge is 0.381 e. The van der Waals surface area contributed by atoms with Gasteiger partial charge in [-0.15, -0.1) is 0 Å². The third kappa shape index (κ3) is 3.45. The predicted molar refractivity (Wildman–Crippen MR) is 159 cm³/mol. The number of rotatable bonds is 7. The lowest BCUT2D eigenvalue weighted by Gasteiger charge is -2.64. The van der Waals surface area contributed by atoms with Crippen LogP contribution in [0.15, 0.2) is 78.9 Å². The number of benzene rings is 3. The second-order valence-corrected chi connectivity index (χ2v) is 13.6. The first kappa shape index (κ1) is 24.4. The second-order valence-electron chi connectivity index (χ2n) is 13.6. The van der Waals surface area contributed by atoms with Gasteiger partial charge < -0.3 is 15.0 Å². The van der Waals surface area contributed by atoms with Crippen LogP contribution in [0, 0.1) is 11.8 Å². The number of nitrogens with one attached hydrogen (secondary N) is 1. The molecule has 3 heterocycles. The molecule has 41 heavy (non-hydrogen) atoms. The smallest absolute Gasteiger partial charge is 0.252 e. The number of likely N-dealkylation sites (tertiary alicyclic amines) is 2. The van der Waals surface area contributed by atoms with Crippen molar-refractivity contribution in [2.24, 2.45) is 11.8 Å². The van der Waals surface area contributed by atoms with Crippen LogP contribution in [0.1, 0.15) is 54.4 Å². The van der Waals surface area contributed by atoms with Crippen molar-refractivity contribution in [3.63, 3.8) is 0 Å². The van der Waals surface area contributed by atoms with Gasteiger partial charge in [-0.25, -0.2) is 0 Å². The molecule has 6 atom stereocenters. The molecule has 4 bridgehead atoms. The first-order chi connectivity index (χ1) is 20.2. The van der Waals surface area contributed by atoms with Crippen molar-refractivity contribution in [3.05, 3.63) is 101 Å². The highest BCUT2D eigenvalue weighted by Gasteiger charge is 2.79. The van der Waals surface area contributed by atoms with Gasteiger partial charge in [0.25, 0.3) is 5.91 Å². The Hall–Kier alpha value is -3.15. The first-order valence-corrected chi connectivity index (χ1v) is 15.8. The molecular weight excluding hydrogens is 506 g/mol. The lowest BCUT2D eigenvalue weighted by molar-refractivity contribution is -0.182. The van der Waals surface area contributed by atoms with Gasteiger partial charge in [-0.1, -0.05) is 66.7 Å². The maximum absolute atomic E-state index is 14.2. The Morgan fingerprint density at radius 3 is 2.46 bits per heavy atom. The highest BCUT2D eigenvalue weighted by Crippen LogP contribution is 2.70. The number of piperidine rings is 1. The van der Waals surface area contributed by atoms with E-state index in [1.165, 1.54) is 47.3 Å². The van der Waals surface area contributed by atoms with Gasteiger partial charge in [0, 0.05) is 48.7 Å². The minimum absolute atomic E-state index is 0.107. The fourth-order valence-corrected chi connectivity index (χ4v) is 9.82. The van der Waals surface area contributed by atoms with Crippen LogP contribution in [-0.2, 0) is 34.5 Å². The first-order valence-electron chi connectivity index (χ1n) is 15.8. The van der Waals surface area contributed by atoms with Crippen LogP contribution in [0.3, 0.4) is 0 Å². The van der Waals surface area contributed by atoms with Crippen LogP contribution in [0.25, 0.3) is 0 Å². The molecule has 5 heteroatoms. The summed E-state index contributed by atoms with van der Waals surface area (Å²) in [6.07, 6.45) is 6.66. The number of hydrogen-bond donors (Lipinski definition) is 1. The van der Waals surface area contributed by atoms with E-state index in [1.54, 1.807) is 0 Å². The maximum atomic E-state index is 14.2. The quantitative estimate of drug-likeness (QED) is 0.424. The molecule has 1 N–H and O–H groups in total. The van der Waals surface area contributed by atoms with Gasteiger partial charge in [-0.3, -0.25) is 9.69 Å². The molecule has 2 saturated carbocycles. The normalized spacial score (nSPS) is 34.8.